The molecule has 0 aliphatic carbocycles. The van der Waals surface area contributed by atoms with Crippen molar-refractivity contribution in [3.8, 4) is 11.4 Å². The van der Waals surface area contributed by atoms with Gasteiger partial charge >= 0.3 is 7.12 Å². The predicted molar refractivity (Wildman–Crippen MR) is 159 cm³/mol. The van der Waals surface area contributed by atoms with Crippen LogP contribution in [0.15, 0.2) is 71.7 Å². The minimum Gasteiger partial charge on any atom is -0.493 e. The summed E-state index contributed by atoms with van der Waals surface area (Å²) in [5.74, 6) is 1.13. The molecule has 0 radical (unpaired) electrons. The minimum absolute atomic E-state index is 0.0565. The van der Waals surface area contributed by atoms with Crippen molar-refractivity contribution in [3.05, 3.63) is 94.5 Å². The first-order valence-corrected chi connectivity index (χ1v) is 13.7. The Morgan fingerprint density at radius 1 is 1.05 bits per heavy atom. The van der Waals surface area contributed by atoms with Gasteiger partial charge in [-0.1, -0.05) is 42.8 Å². The molecular weight excluding hydrogens is 559 g/mol. The van der Waals surface area contributed by atoms with Gasteiger partial charge in [-0.2, -0.15) is 0 Å². The number of amides is 2. The zero-order valence-corrected chi connectivity index (χ0v) is 23.7. The highest BCUT2D eigenvalue weighted by Crippen LogP contribution is 2.32. The molecule has 5 rings (SSSR count). The number of anilines is 1. The third-order valence-corrected chi connectivity index (χ3v) is 6.87. The molecule has 1 aliphatic heterocycles. The van der Waals surface area contributed by atoms with Gasteiger partial charge in [0.1, 0.15) is 11.6 Å². The van der Waals surface area contributed by atoms with Gasteiger partial charge in [-0.3, -0.25) is 19.1 Å². The number of hydrogen-bond acceptors (Lipinski definition) is 8. The molecule has 13 heteroatoms. The van der Waals surface area contributed by atoms with Crippen LogP contribution in [0.2, 0.25) is 5.02 Å². The lowest BCUT2D eigenvalue weighted by Crippen LogP contribution is -2.30. The van der Waals surface area contributed by atoms with E-state index in [4.69, 9.17) is 21.3 Å². The summed E-state index contributed by atoms with van der Waals surface area (Å²) in [6.45, 7) is 3.68. The van der Waals surface area contributed by atoms with Crippen molar-refractivity contribution in [1.29, 1.82) is 0 Å². The molecule has 0 unspecified atom stereocenters. The molecule has 2 amide bonds. The van der Waals surface area contributed by atoms with E-state index in [0.29, 0.717) is 33.8 Å². The zero-order valence-electron chi connectivity index (χ0n) is 22.9. The summed E-state index contributed by atoms with van der Waals surface area (Å²) in [6, 6.07) is 19.1. The van der Waals surface area contributed by atoms with Crippen LogP contribution in [-0.2, 0) is 9.59 Å². The van der Waals surface area contributed by atoms with Crippen LogP contribution in [0.1, 0.15) is 48.7 Å². The maximum Gasteiger partial charge on any atom is 0.488 e. The van der Waals surface area contributed by atoms with Gasteiger partial charge in [-0.25, -0.2) is 0 Å². The smallest absolute Gasteiger partial charge is 0.488 e. The lowest BCUT2D eigenvalue weighted by Gasteiger charge is -2.15. The second-order valence-corrected chi connectivity index (χ2v) is 10.0. The van der Waals surface area contributed by atoms with E-state index in [0.717, 1.165) is 16.8 Å². The number of nitrogens with one attached hydrogen (secondary N) is 2. The number of rotatable bonds is 9. The third kappa shape index (κ3) is 6.36. The van der Waals surface area contributed by atoms with E-state index in [-0.39, 0.29) is 36.7 Å². The van der Waals surface area contributed by atoms with Crippen LogP contribution in [0.25, 0.3) is 5.69 Å². The number of carbonyl (C=O) groups excluding carboxylic acids is 2. The molecule has 214 valence electrons. The summed E-state index contributed by atoms with van der Waals surface area (Å²) < 4.78 is 7.83. The van der Waals surface area contributed by atoms with Crippen LogP contribution >= 0.6 is 11.6 Å². The van der Waals surface area contributed by atoms with Crippen LogP contribution in [0.4, 0.5) is 5.69 Å². The van der Waals surface area contributed by atoms with Crippen LogP contribution in [0.5, 0.6) is 5.75 Å². The van der Waals surface area contributed by atoms with Crippen molar-refractivity contribution >= 4 is 47.4 Å². The second-order valence-electron chi connectivity index (χ2n) is 9.57. The standard InChI is InChI=1S/C29H28BClN6O5/c1-3-25(38)33-28-29-36-35-17(2)37(29)24-12-11-22(16-23(24)27(34-28)18-7-9-20(31)10-8-18)42-14-13-26(39)32-21-6-4-5-19(15-21)30(40)41/h4-12,15-16,28,40-41H,3,13-14H2,1-2H3,(H,32,39)(H,33,38)/t28-/m1/s1. The third-order valence-electron chi connectivity index (χ3n) is 6.62. The molecule has 1 aromatic heterocycles. The van der Waals surface area contributed by atoms with Crippen molar-refractivity contribution < 1.29 is 24.4 Å². The predicted octanol–water partition coefficient (Wildman–Crippen LogP) is 2.69. The highest BCUT2D eigenvalue weighted by atomic mass is 35.5. The number of halogens is 1. The second kappa shape index (κ2) is 12.6. The van der Waals surface area contributed by atoms with Gasteiger partial charge in [0.2, 0.25) is 11.8 Å². The quantitative estimate of drug-likeness (QED) is 0.220. The van der Waals surface area contributed by atoms with Crippen molar-refractivity contribution in [3.63, 3.8) is 0 Å². The van der Waals surface area contributed by atoms with Gasteiger partial charge < -0.3 is 25.4 Å². The van der Waals surface area contributed by atoms with Crippen LogP contribution in [0.3, 0.4) is 0 Å². The molecule has 0 saturated carbocycles. The van der Waals surface area contributed by atoms with Crippen molar-refractivity contribution in [2.24, 2.45) is 4.99 Å². The summed E-state index contributed by atoms with van der Waals surface area (Å²) >= 11 is 6.16. The number of aliphatic imine (C=N–C) groups is 1. The Labute approximate surface area is 247 Å². The molecule has 3 aromatic carbocycles. The van der Waals surface area contributed by atoms with E-state index < -0.39 is 13.3 Å². The first-order chi connectivity index (χ1) is 20.2. The lowest BCUT2D eigenvalue weighted by atomic mass is 9.80. The van der Waals surface area contributed by atoms with Crippen LogP contribution in [-0.4, -0.2) is 56.1 Å². The number of aromatic nitrogens is 3. The average molecular weight is 587 g/mol. The van der Waals surface area contributed by atoms with E-state index in [2.05, 4.69) is 20.8 Å². The normalized spacial score (nSPS) is 13.7. The zero-order chi connectivity index (χ0) is 29.8. The maximum absolute atomic E-state index is 12.5. The molecule has 0 spiro atoms. The van der Waals surface area contributed by atoms with Gasteiger partial charge in [-0.15, -0.1) is 10.2 Å². The molecule has 0 saturated heterocycles. The molecule has 4 N–H and O–H groups in total. The summed E-state index contributed by atoms with van der Waals surface area (Å²) in [5, 5.41) is 33.5. The highest BCUT2D eigenvalue weighted by molar-refractivity contribution is 6.58. The topological polar surface area (TPSA) is 151 Å². The Bertz CT molecular complexity index is 1660. The molecule has 4 aromatic rings. The Morgan fingerprint density at radius 2 is 1.83 bits per heavy atom. The van der Waals surface area contributed by atoms with Gasteiger partial charge in [-0.05, 0) is 54.9 Å². The Morgan fingerprint density at radius 3 is 2.57 bits per heavy atom. The molecule has 42 heavy (non-hydrogen) atoms. The number of hydrogen-bond donors (Lipinski definition) is 4. The minimum atomic E-state index is -1.63. The van der Waals surface area contributed by atoms with Gasteiger partial charge in [0.15, 0.2) is 12.0 Å². The van der Waals surface area contributed by atoms with E-state index in [1.807, 2.05) is 35.8 Å². The molecule has 0 fully saturated rings. The largest absolute Gasteiger partial charge is 0.493 e. The van der Waals surface area contributed by atoms with E-state index in [1.54, 1.807) is 43.3 Å². The Hall–Kier alpha value is -4.52. The number of benzene rings is 3. The van der Waals surface area contributed by atoms with Crippen molar-refractivity contribution in [1.82, 2.24) is 20.1 Å². The fourth-order valence-electron chi connectivity index (χ4n) is 4.55. The number of nitrogens with zero attached hydrogens (tertiary/aromatic N) is 4. The lowest BCUT2D eigenvalue weighted by molar-refractivity contribution is -0.121. The number of aryl methyl sites for hydroxylation is 1. The van der Waals surface area contributed by atoms with E-state index >= 15 is 0 Å². The monoisotopic (exact) mass is 586 g/mol. The number of fused-ring (bicyclic) bond motifs is 3. The molecule has 11 nitrogen and oxygen atoms in total. The van der Waals surface area contributed by atoms with E-state index in [9.17, 15) is 19.6 Å². The van der Waals surface area contributed by atoms with Gasteiger partial charge in [0.05, 0.1) is 24.4 Å². The van der Waals surface area contributed by atoms with Crippen LogP contribution in [0, 0.1) is 6.92 Å². The molecule has 1 atom stereocenters. The Kier molecular flexibility index (Phi) is 8.67. The van der Waals surface area contributed by atoms with Gasteiger partial charge in [0.25, 0.3) is 0 Å². The maximum atomic E-state index is 12.5. The van der Waals surface area contributed by atoms with Gasteiger partial charge in [0, 0.05) is 28.3 Å². The van der Waals surface area contributed by atoms with Crippen molar-refractivity contribution in [2.45, 2.75) is 32.9 Å². The van der Waals surface area contributed by atoms with E-state index in [1.165, 1.54) is 6.07 Å². The first kappa shape index (κ1) is 29.0. The molecular formula is C29H28BClN6O5. The Balaban J connectivity index is 1.43. The fraction of sp³-hybridized carbons (Fsp3) is 0.207. The van der Waals surface area contributed by atoms with Crippen molar-refractivity contribution in [2.75, 3.05) is 11.9 Å². The summed E-state index contributed by atoms with van der Waals surface area (Å²) in [7, 11) is -1.63. The SMILES string of the molecule is CCC(=O)N[C@@H]1N=C(c2ccc(Cl)cc2)c2cc(OCCC(=O)Nc3cccc(B(O)O)c3)ccc2-n2c(C)nnc21. The fourth-order valence-corrected chi connectivity index (χ4v) is 4.68. The summed E-state index contributed by atoms with van der Waals surface area (Å²) in [6.07, 6.45) is -0.445. The molecule has 0 bridgehead atoms. The molecule has 1 aliphatic rings. The van der Waals surface area contributed by atoms with Crippen LogP contribution < -0.4 is 20.8 Å². The summed E-state index contributed by atoms with van der Waals surface area (Å²) in [5.41, 5.74) is 3.57. The number of ether oxygens (including phenoxy) is 1. The summed E-state index contributed by atoms with van der Waals surface area (Å²) in [4.78, 5) is 29.9. The molecule has 2 heterocycles. The first-order valence-electron chi connectivity index (χ1n) is 13.3. The average Bonchev–Trinajstić information content (AvgIpc) is 3.30. The number of carbonyl (C=O) groups is 2. The highest BCUT2D eigenvalue weighted by Gasteiger charge is 2.29.